The van der Waals surface area contributed by atoms with Crippen molar-refractivity contribution in [3.05, 3.63) is 83.9 Å². The van der Waals surface area contributed by atoms with Gasteiger partial charge < -0.3 is 14.8 Å². The SMILES string of the molecule is O=C(COc1cccc2c1CCCC2)Nc1ccc(Oc2ccccc2)cc1. The first-order valence-corrected chi connectivity index (χ1v) is 9.64. The molecule has 0 aromatic heterocycles. The minimum atomic E-state index is -0.176. The molecular formula is C24H23NO3. The highest BCUT2D eigenvalue weighted by Crippen LogP contribution is 2.29. The molecule has 0 fully saturated rings. The van der Waals surface area contributed by atoms with E-state index in [1.54, 1.807) is 0 Å². The number of amides is 1. The molecule has 0 spiro atoms. The molecule has 1 aliphatic rings. The lowest BCUT2D eigenvalue weighted by atomic mass is 9.91. The Morgan fingerprint density at radius 1 is 0.821 bits per heavy atom. The number of ether oxygens (including phenoxy) is 2. The maximum atomic E-state index is 12.3. The van der Waals surface area contributed by atoms with Crippen molar-refractivity contribution in [1.29, 1.82) is 0 Å². The van der Waals surface area contributed by atoms with Crippen molar-refractivity contribution in [2.24, 2.45) is 0 Å². The van der Waals surface area contributed by atoms with Crippen LogP contribution in [0.3, 0.4) is 0 Å². The van der Waals surface area contributed by atoms with Gasteiger partial charge in [0.2, 0.25) is 0 Å². The molecule has 3 aromatic carbocycles. The topological polar surface area (TPSA) is 47.6 Å². The Kier molecular flexibility index (Phi) is 5.57. The molecule has 1 aliphatic carbocycles. The number of nitrogens with one attached hydrogen (secondary N) is 1. The third-order valence-corrected chi connectivity index (χ3v) is 4.83. The van der Waals surface area contributed by atoms with Crippen molar-refractivity contribution in [2.75, 3.05) is 11.9 Å². The number of fused-ring (bicyclic) bond motifs is 1. The Hall–Kier alpha value is -3.27. The van der Waals surface area contributed by atoms with E-state index in [1.165, 1.54) is 24.0 Å². The van der Waals surface area contributed by atoms with Gasteiger partial charge in [-0.15, -0.1) is 0 Å². The maximum Gasteiger partial charge on any atom is 0.262 e. The molecule has 4 nitrogen and oxygen atoms in total. The summed E-state index contributed by atoms with van der Waals surface area (Å²) in [5.41, 5.74) is 3.31. The Labute approximate surface area is 165 Å². The van der Waals surface area contributed by atoms with Crippen LogP contribution < -0.4 is 14.8 Å². The Bertz CT molecular complexity index is 936. The molecule has 0 unspecified atom stereocenters. The fourth-order valence-corrected chi connectivity index (χ4v) is 3.45. The second kappa shape index (κ2) is 8.61. The molecule has 4 rings (SSSR count). The van der Waals surface area contributed by atoms with Gasteiger partial charge in [0.25, 0.3) is 5.91 Å². The Balaban J connectivity index is 1.32. The zero-order valence-corrected chi connectivity index (χ0v) is 15.7. The molecule has 0 bridgehead atoms. The summed E-state index contributed by atoms with van der Waals surface area (Å²) in [6, 6.07) is 23.0. The quantitative estimate of drug-likeness (QED) is 0.631. The summed E-state index contributed by atoms with van der Waals surface area (Å²) in [7, 11) is 0. The normalized spacial score (nSPS) is 12.7. The number of hydrogen-bond donors (Lipinski definition) is 1. The Morgan fingerprint density at radius 3 is 2.39 bits per heavy atom. The smallest absolute Gasteiger partial charge is 0.262 e. The number of aryl methyl sites for hydroxylation is 1. The fourth-order valence-electron chi connectivity index (χ4n) is 3.45. The van der Waals surface area contributed by atoms with Gasteiger partial charge in [-0.1, -0.05) is 30.3 Å². The van der Waals surface area contributed by atoms with E-state index in [9.17, 15) is 4.79 Å². The van der Waals surface area contributed by atoms with Crippen LogP contribution in [0, 0.1) is 0 Å². The van der Waals surface area contributed by atoms with Gasteiger partial charge in [0.05, 0.1) is 0 Å². The average Bonchev–Trinajstić information content (AvgIpc) is 2.74. The predicted molar refractivity (Wildman–Crippen MR) is 110 cm³/mol. The van der Waals surface area contributed by atoms with Crippen LogP contribution in [0.1, 0.15) is 24.0 Å². The number of carbonyl (C=O) groups excluding carboxylic acids is 1. The van der Waals surface area contributed by atoms with E-state index in [0.29, 0.717) is 5.69 Å². The van der Waals surface area contributed by atoms with E-state index in [1.807, 2.05) is 66.7 Å². The third kappa shape index (κ3) is 4.52. The van der Waals surface area contributed by atoms with E-state index < -0.39 is 0 Å². The number of rotatable bonds is 6. The van der Waals surface area contributed by atoms with Gasteiger partial charge in [0, 0.05) is 5.69 Å². The summed E-state index contributed by atoms with van der Waals surface area (Å²) in [4.78, 5) is 12.3. The molecule has 0 saturated heterocycles. The van der Waals surface area contributed by atoms with Gasteiger partial charge in [-0.25, -0.2) is 0 Å². The van der Waals surface area contributed by atoms with Crippen molar-refractivity contribution in [1.82, 2.24) is 0 Å². The number of benzene rings is 3. The maximum absolute atomic E-state index is 12.3. The predicted octanol–water partition coefficient (Wildman–Crippen LogP) is 5.38. The molecule has 0 radical (unpaired) electrons. The zero-order chi connectivity index (χ0) is 19.2. The average molecular weight is 373 g/mol. The van der Waals surface area contributed by atoms with Crippen molar-refractivity contribution in [3.8, 4) is 17.2 Å². The van der Waals surface area contributed by atoms with Gasteiger partial charge in [-0.05, 0) is 79.3 Å². The fraction of sp³-hybridized carbons (Fsp3) is 0.208. The van der Waals surface area contributed by atoms with Crippen LogP contribution in [0.5, 0.6) is 17.2 Å². The summed E-state index contributed by atoms with van der Waals surface area (Å²) in [5, 5.41) is 2.86. The molecule has 1 amide bonds. The van der Waals surface area contributed by atoms with Crippen LogP contribution in [-0.4, -0.2) is 12.5 Å². The lowest BCUT2D eigenvalue weighted by Gasteiger charge is -2.19. The minimum Gasteiger partial charge on any atom is -0.483 e. The summed E-state index contributed by atoms with van der Waals surface area (Å²) in [6.45, 7) is -0.00127. The van der Waals surface area contributed by atoms with Gasteiger partial charge in [0.15, 0.2) is 6.61 Å². The molecule has 0 saturated carbocycles. The number of anilines is 1. The zero-order valence-electron chi connectivity index (χ0n) is 15.7. The van der Waals surface area contributed by atoms with Crippen molar-refractivity contribution in [2.45, 2.75) is 25.7 Å². The first kappa shape index (κ1) is 18.1. The van der Waals surface area contributed by atoms with Crippen LogP contribution in [0.2, 0.25) is 0 Å². The van der Waals surface area contributed by atoms with E-state index in [0.717, 1.165) is 30.1 Å². The van der Waals surface area contributed by atoms with E-state index in [2.05, 4.69) is 11.4 Å². The van der Waals surface area contributed by atoms with E-state index in [-0.39, 0.29) is 12.5 Å². The molecule has 142 valence electrons. The monoisotopic (exact) mass is 373 g/mol. The van der Waals surface area contributed by atoms with Gasteiger partial charge in [-0.3, -0.25) is 4.79 Å². The van der Waals surface area contributed by atoms with Gasteiger partial charge in [-0.2, -0.15) is 0 Å². The summed E-state index contributed by atoms with van der Waals surface area (Å²) in [6.07, 6.45) is 4.52. The summed E-state index contributed by atoms with van der Waals surface area (Å²) < 4.78 is 11.6. The third-order valence-electron chi connectivity index (χ3n) is 4.83. The first-order valence-electron chi connectivity index (χ1n) is 9.64. The molecular weight excluding hydrogens is 350 g/mol. The molecule has 0 atom stereocenters. The highest BCUT2D eigenvalue weighted by atomic mass is 16.5. The van der Waals surface area contributed by atoms with E-state index >= 15 is 0 Å². The van der Waals surface area contributed by atoms with Crippen LogP contribution in [0.25, 0.3) is 0 Å². The molecule has 0 heterocycles. The van der Waals surface area contributed by atoms with Crippen LogP contribution >= 0.6 is 0 Å². The van der Waals surface area contributed by atoms with Gasteiger partial charge in [0.1, 0.15) is 17.2 Å². The molecule has 28 heavy (non-hydrogen) atoms. The second-order valence-corrected chi connectivity index (χ2v) is 6.88. The largest absolute Gasteiger partial charge is 0.483 e. The first-order chi connectivity index (χ1) is 13.8. The Morgan fingerprint density at radius 2 is 1.57 bits per heavy atom. The minimum absolute atomic E-state index is 0.00127. The number of para-hydroxylation sites is 1. The van der Waals surface area contributed by atoms with Crippen LogP contribution in [0.4, 0.5) is 5.69 Å². The standard InChI is InChI=1S/C24H23NO3/c26-24(17-27-23-12-6-8-18-7-4-5-11-22(18)23)25-19-13-15-21(16-14-19)28-20-9-2-1-3-10-20/h1-3,6,8-10,12-16H,4-5,7,11,17H2,(H,25,26). The van der Waals surface area contributed by atoms with Crippen LogP contribution in [-0.2, 0) is 17.6 Å². The van der Waals surface area contributed by atoms with Gasteiger partial charge >= 0.3 is 0 Å². The highest BCUT2D eigenvalue weighted by molar-refractivity contribution is 5.91. The molecule has 4 heteroatoms. The van der Waals surface area contributed by atoms with E-state index in [4.69, 9.17) is 9.47 Å². The van der Waals surface area contributed by atoms with Crippen molar-refractivity contribution >= 4 is 11.6 Å². The lowest BCUT2D eigenvalue weighted by Crippen LogP contribution is -2.21. The highest BCUT2D eigenvalue weighted by Gasteiger charge is 2.14. The summed E-state index contributed by atoms with van der Waals surface area (Å²) in [5.74, 6) is 2.15. The second-order valence-electron chi connectivity index (χ2n) is 6.88. The summed E-state index contributed by atoms with van der Waals surface area (Å²) >= 11 is 0. The molecule has 3 aromatic rings. The van der Waals surface area contributed by atoms with Crippen LogP contribution in [0.15, 0.2) is 72.8 Å². The number of carbonyl (C=O) groups is 1. The number of hydrogen-bond acceptors (Lipinski definition) is 3. The lowest BCUT2D eigenvalue weighted by molar-refractivity contribution is -0.118. The molecule has 1 N–H and O–H groups in total. The van der Waals surface area contributed by atoms with Crippen molar-refractivity contribution in [3.63, 3.8) is 0 Å². The molecule has 0 aliphatic heterocycles. The van der Waals surface area contributed by atoms with Crippen molar-refractivity contribution < 1.29 is 14.3 Å².